The summed E-state index contributed by atoms with van der Waals surface area (Å²) in [6.45, 7) is 21.3. The van der Waals surface area contributed by atoms with Gasteiger partial charge in [0.1, 0.15) is 0 Å². The Bertz CT molecular complexity index is 265. The fourth-order valence-electron chi connectivity index (χ4n) is 1.59. The first-order valence-corrected chi connectivity index (χ1v) is 6.35. The van der Waals surface area contributed by atoms with E-state index in [0.717, 1.165) is 13.1 Å². The Morgan fingerprint density at radius 2 is 1.65 bits per heavy atom. The maximum absolute atomic E-state index is 3.89. The Morgan fingerprint density at radius 3 is 2.00 bits per heavy atom. The molecule has 0 bridgehead atoms. The largest absolute Gasteiger partial charge is 0.348 e. The van der Waals surface area contributed by atoms with Crippen LogP contribution in [0.5, 0.6) is 0 Å². The van der Waals surface area contributed by atoms with Crippen LogP contribution in [-0.4, -0.2) is 23.5 Å². The van der Waals surface area contributed by atoms with Crippen LogP contribution in [0.3, 0.4) is 0 Å². The van der Waals surface area contributed by atoms with Gasteiger partial charge in [-0.3, -0.25) is 0 Å². The number of nitrogens with one attached hydrogen (secondary N) is 1. The maximum Gasteiger partial charge on any atom is 0.0507 e. The summed E-state index contributed by atoms with van der Waals surface area (Å²) >= 11 is 0. The summed E-state index contributed by atoms with van der Waals surface area (Å²) in [5.74, 6) is 0. The van der Waals surface area contributed by atoms with Gasteiger partial charge in [0.2, 0.25) is 0 Å². The lowest BCUT2D eigenvalue weighted by Crippen LogP contribution is -2.47. The van der Waals surface area contributed by atoms with Gasteiger partial charge in [-0.1, -0.05) is 32.9 Å². The second kappa shape index (κ2) is 6.25. The molecule has 0 fully saturated rings. The van der Waals surface area contributed by atoms with Crippen LogP contribution in [0, 0.1) is 5.41 Å². The average molecular weight is 238 g/mol. The van der Waals surface area contributed by atoms with Crippen LogP contribution >= 0.6 is 0 Å². The van der Waals surface area contributed by atoms with E-state index in [0.29, 0.717) is 5.41 Å². The number of hydrogen-bond acceptors (Lipinski definition) is 2. The lowest BCUT2D eigenvalue weighted by atomic mass is 9.96. The minimum Gasteiger partial charge on any atom is -0.348 e. The van der Waals surface area contributed by atoms with E-state index in [4.69, 9.17) is 0 Å². The van der Waals surface area contributed by atoms with Crippen LogP contribution in [0.4, 0.5) is 0 Å². The third-order valence-corrected chi connectivity index (χ3v) is 2.51. The van der Waals surface area contributed by atoms with Crippen molar-refractivity contribution in [3.8, 4) is 0 Å². The summed E-state index contributed by atoms with van der Waals surface area (Å²) in [6.07, 6.45) is 4.04. The SMILES string of the molecule is C=CN(C=C(C)C)C(C)(C)CNCC(C)(C)C. The third kappa shape index (κ3) is 7.22. The Morgan fingerprint density at radius 1 is 1.12 bits per heavy atom. The van der Waals surface area contributed by atoms with Crippen molar-refractivity contribution in [2.45, 2.75) is 54.0 Å². The summed E-state index contributed by atoms with van der Waals surface area (Å²) in [5.41, 5.74) is 1.66. The van der Waals surface area contributed by atoms with Crippen LogP contribution in [-0.2, 0) is 0 Å². The molecule has 0 aromatic rings. The highest BCUT2D eigenvalue weighted by Crippen LogP contribution is 2.17. The smallest absolute Gasteiger partial charge is 0.0507 e. The van der Waals surface area contributed by atoms with Gasteiger partial charge in [0.25, 0.3) is 0 Å². The van der Waals surface area contributed by atoms with Crippen LogP contribution in [0.1, 0.15) is 48.5 Å². The zero-order valence-corrected chi connectivity index (χ0v) is 12.7. The molecule has 100 valence electrons. The van der Waals surface area contributed by atoms with Crippen molar-refractivity contribution in [1.29, 1.82) is 0 Å². The second-order valence-electron chi connectivity index (χ2n) is 6.77. The Balaban J connectivity index is 4.44. The van der Waals surface area contributed by atoms with Crippen LogP contribution in [0.25, 0.3) is 0 Å². The fraction of sp³-hybridized carbons (Fsp3) is 0.733. The van der Waals surface area contributed by atoms with E-state index in [-0.39, 0.29) is 5.54 Å². The molecule has 0 aliphatic heterocycles. The highest BCUT2D eigenvalue weighted by molar-refractivity contribution is 5.02. The van der Waals surface area contributed by atoms with E-state index >= 15 is 0 Å². The van der Waals surface area contributed by atoms with E-state index in [1.54, 1.807) is 0 Å². The molecule has 0 aliphatic carbocycles. The molecule has 0 spiro atoms. The second-order valence-corrected chi connectivity index (χ2v) is 6.77. The van der Waals surface area contributed by atoms with E-state index in [9.17, 15) is 0 Å². The van der Waals surface area contributed by atoms with Gasteiger partial charge in [0.15, 0.2) is 0 Å². The van der Waals surface area contributed by atoms with Gasteiger partial charge in [0.05, 0.1) is 5.54 Å². The van der Waals surface area contributed by atoms with Gasteiger partial charge in [-0.2, -0.15) is 0 Å². The molecule has 1 N–H and O–H groups in total. The highest BCUT2D eigenvalue weighted by atomic mass is 15.2. The third-order valence-electron chi connectivity index (χ3n) is 2.51. The molecule has 0 aliphatic rings. The first-order valence-electron chi connectivity index (χ1n) is 6.35. The molecule has 0 heterocycles. The van der Waals surface area contributed by atoms with Gasteiger partial charge >= 0.3 is 0 Å². The molecule has 0 aromatic heterocycles. The van der Waals surface area contributed by atoms with Crippen LogP contribution in [0.2, 0.25) is 0 Å². The molecule has 2 heteroatoms. The monoisotopic (exact) mass is 238 g/mol. The Kier molecular flexibility index (Phi) is 5.97. The van der Waals surface area contributed by atoms with Gasteiger partial charge in [-0.05, 0) is 39.3 Å². The predicted octanol–water partition coefficient (Wildman–Crippen LogP) is 3.77. The quantitative estimate of drug-likeness (QED) is 0.758. The van der Waals surface area contributed by atoms with E-state index in [1.165, 1.54) is 5.57 Å². The van der Waals surface area contributed by atoms with E-state index in [1.807, 2.05) is 6.20 Å². The first-order chi connectivity index (χ1) is 7.58. The minimum absolute atomic E-state index is 0.0459. The molecule has 0 saturated carbocycles. The van der Waals surface area contributed by atoms with Crippen LogP contribution < -0.4 is 5.32 Å². The molecular formula is C15H30N2. The molecule has 0 rings (SSSR count). The van der Waals surface area contributed by atoms with Gasteiger partial charge in [-0.25, -0.2) is 0 Å². The van der Waals surface area contributed by atoms with Crippen LogP contribution in [0.15, 0.2) is 24.6 Å². The summed E-state index contributed by atoms with van der Waals surface area (Å²) in [7, 11) is 0. The van der Waals surface area contributed by atoms with Crippen molar-refractivity contribution in [2.75, 3.05) is 13.1 Å². The number of allylic oxidation sites excluding steroid dienone is 1. The van der Waals surface area contributed by atoms with E-state index < -0.39 is 0 Å². The summed E-state index contributed by atoms with van der Waals surface area (Å²) in [4.78, 5) is 2.18. The van der Waals surface area contributed by atoms with Crippen molar-refractivity contribution in [1.82, 2.24) is 10.2 Å². The predicted molar refractivity (Wildman–Crippen MR) is 77.9 cm³/mol. The summed E-state index contributed by atoms with van der Waals surface area (Å²) in [6, 6.07) is 0. The van der Waals surface area contributed by atoms with Crippen molar-refractivity contribution in [3.63, 3.8) is 0 Å². The summed E-state index contributed by atoms with van der Waals surface area (Å²) < 4.78 is 0. The molecule has 0 saturated heterocycles. The number of hydrogen-bond donors (Lipinski definition) is 1. The minimum atomic E-state index is 0.0459. The molecule has 17 heavy (non-hydrogen) atoms. The lowest BCUT2D eigenvalue weighted by Gasteiger charge is -2.36. The molecule has 0 radical (unpaired) electrons. The number of nitrogens with zero attached hydrogens (tertiary/aromatic N) is 1. The van der Waals surface area contributed by atoms with Gasteiger partial charge in [0, 0.05) is 19.3 Å². The zero-order chi connectivity index (χ0) is 13.7. The van der Waals surface area contributed by atoms with Crippen molar-refractivity contribution < 1.29 is 0 Å². The molecular weight excluding hydrogens is 208 g/mol. The highest BCUT2D eigenvalue weighted by Gasteiger charge is 2.23. The standard InChI is InChI=1S/C15H30N2/c1-9-17(10-13(2)3)15(7,8)12-16-11-14(4,5)6/h9-10,16H,1,11-12H2,2-8H3. The molecule has 0 aromatic carbocycles. The van der Waals surface area contributed by atoms with Gasteiger partial charge in [-0.15, -0.1) is 0 Å². The van der Waals surface area contributed by atoms with Gasteiger partial charge < -0.3 is 10.2 Å². The first kappa shape index (κ1) is 16.2. The van der Waals surface area contributed by atoms with Crippen molar-refractivity contribution in [3.05, 3.63) is 24.6 Å². The molecule has 2 nitrogen and oxygen atoms in total. The zero-order valence-electron chi connectivity index (χ0n) is 12.7. The van der Waals surface area contributed by atoms with Crippen molar-refractivity contribution in [2.24, 2.45) is 5.41 Å². The molecule has 0 atom stereocenters. The maximum atomic E-state index is 3.89. The summed E-state index contributed by atoms with van der Waals surface area (Å²) in [5, 5.41) is 3.53. The lowest BCUT2D eigenvalue weighted by molar-refractivity contribution is 0.231. The number of rotatable bonds is 6. The Labute approximate surface area is 108 Å². The molecule has 0 unspecified atom stereocenters. The van der Waals surface area contributed by atoms with Crippen molar-refractivity contribution >= 4 is 0 Å². The fourth-order valence-corrected chi connectivity index (χ4v) is 1.59. The average Bonchev–Trinajstić information content (AvgIpc) is 2.10. The topological polar surface area (TPSA) is 15.3 Å². The van der Waals surface area contributed by atoms with E-state index in [2.05, 4.69) is 71.5 Å². The Hall–Kier alpha value is -0.760. The molecule has 0 amide bonds. The normalized spacial score (nSPS) is 12.2.